The van der Waals surface area contributed by atoms with E-state index in [0.29, 0.717) is 6.04 Å². The predicted molar refractivity (Wildman–Crippen MR) is 72.6 cm³/mol. The van der Waals surface area contributed by atoms with Gasteiger partial charge in [0.2, 0.25) is 0 Å². The Bertz CT molecular complexity index is 351. The Morgan fingerprint density at radius 3 is 2.35 bits per heavy atom. The molecule has 1 aromatic heterocycles. The lowest BCUT2D eigenvalue weighted by atomic mass is 10.3. The molecule has 0 radical (unpaired) electrons. The van der Waals surface area contributed by atoms with Crippen LogP contribution in [0.4, 0.5) is 11.6 Å². The number of rotatable bonds is 6. The molecule has 0 aliphatic heterocycles. The maximum atomic E-state index is 4.37. The first-order chi connectivity index (χ1) is 8.02. The van der Waals surface area contributed by atoms with Gasteiger partial charge in [0, 0.05) is 25.2 Å². The predicted octanol–water partition coefficient (Wildman–Crippen LogP) is 1.58. The second-order valence-electron chi connectivity index (χ2n) is 4.41. The van der Waals surface area contributed by atoms with Gasteiger partial charge in [-0.3, -0.25) is 0 Å². The third-order valence-corrected chi connectivity index (χ3v) is 2.66. The van der Waals surface area contributed by atoms with E-state index in [1.807, 2.05) is 13.0 Å². The lowest BCUT2D eigenvalue weighted by Gasteiger charge is -2.20. The van der Waals surface area contributed by atoms with Crippen LogP contribution >= 0.6 is 0 Å². The van der Waals surface area contributed by atoms with Crippen molar-refractivity contribution in [2.45, 2.75) is 26.8 Å². The Morgan fingerprint density at radius 2 is 1.82 bits per heavy atom. The van der Waals surface area contributed by atoms with Crippen molar-refractivity contribution >= 4 is 11.6 Å². The number of hydrogen-bond donors (Lipinski definition) is 2. The van der Waals surface area contributed by atoms with Crippen LogP contribution < -0.4 is 10.6 Å². The zero-order valence-corrected chi connectivity index (χ0v) is 11.4. The molecule has 1 unspecified atom stereocenters. The minimum atomic E-state index is 0.466. The van der Waals surface area contributed by atoms with Crippen LogP contribution in [0.15, 0.2) is 6.07 Å². The van der Waals surface area contributed by atoms with Crippen LogP contribution in [0.25, 0.3) is 0 Å². The minimum absolute atomic E-state index is 0.466. The molecule has 5 heteroatoms. The standard InChI is InChI=1S/C12H23N5/c1-6-13-11-7-12(16-10(3)15-11)14-8-9(2)17(4)5/h7,9H,6,8H2,1-5H3,(H2,13,14,15,16). The summed E-state index contributed by atoms with van der Waals surface area (Å²) in [5.41, 5.74) is 0. The van der Waals surface area contributed by atoms with Crippen LogP contribution in [0.3, 0.4) is 0 Å². The van der Waals surface area contributed by atoms with E-state index < -0.39 is 0 Å². The topological polar surface area (TPSA) is 53.1 Å². The number of aromatic nitrogens is 2. The van der Waals surface area contributed by atoms with Crippen molar-refractivity contribution in [3.8, 4) is 0 Å². The third kappa shape index (κ3) is 4.56. The highest BCUT2D eigenvalue weighted by molar-refractivity contribution is 5.47. The van der Waals surface area contributed by atoms with E-state index >= 15 is 0 Å². The van der Waals surface area contributed by atoms with Crippen LogP contribution in [-0.4, -0.2) is 48.1 Å². The number of nitrogens with zero attached hydrogens (tertiary/aromatic N) is 3. The van der Waals surface area contributed by atoms with Crippen molar-refractivity contribution < 1.29 is 0 Å². The lowest BCUT2D eigenvalue weighted by molar-refractivity contribution is 0.326. The Hall–Kier alpha value is -1.36. The molecule has 0 bridgehead atoms. The molecular weight excluding hydrogens is 214 g/mol. The van der Waals surface area contributed by atoms with Gasteiger partial charge in [-0.05, 0) is 34.9 Å². The van der Waals surface area contributed by atoms with E-state index in [1.165, 1.54) is 0 Å². The summed E-state index contributed by atoms with van der Waals surface area (Å²) in [7, 11) is 4.14. The Morgan fingerprint density at radius 1 is 1.24 bits per heavy atom. The van der Waals surface area contributed by atoms with E-state index in [4.69, 9.17) is 0 Å². The van der Waals surface area contributed by atoms with Gasteiger partial charge in [0.15, 0.2) is 0 Å². The van der Waals surface area contributed by atoms with Crippen molar-refractivity contribution in [1.82, 2.24) is 14.9 Å². The molecule has 17 heavy (non-hydrogen) atoms. The summed E-state index contributed by atoms with van der Waals surface area (Å²) in [6.45, 7) is 7.87. The highest BCUT2D eigenvalue weighted by Crippen LogP contribution is 2.11. The van der Waals surface area contributed by atoms with Gasteiger partial charge < -0.3 is 15.5 Å². The minimum Gasteiger partial charge on any atom is -0.370 e. The molecular formula is C12H23N5. The highest BCUT2D eigenvalue weighted by atomic mass is 15.1. The molecule has 0 spiro atoms. The zero-order valence-electron chi connectivity index (χ0n) is 11.4. The maximum absolute atomic E-state index is 4.37. The van der Waals surface area contributed by atoms with Gasteiger partial charge in [-0.2, -0.15) is 0 Å². The van der Waals surface area contributed by atoms with E-state index in [9.17, 15) is 0 Å². The van der Waals surface area contributed by atoms with Gasteiger partial charge in [0.05, 0.1) is 0 Å². The molecule has 1 aromatic rings. The van der Waals surface area contributed by atoms with Crippen molar-refractivity contribution in [3.63, 3.8) is 0 Å². The lowest BCUT2D eigenvalue weighted by Crippen LogP contribution is -2.31. The van der Waals surface area contributed by atoms with E-state index in [2.05, 4.69) is 53.4 Å². The Labute approximate surface area is 104 Å². The fourth-order valence-electron chi connectivity index (χ4n) is 1.36. The van der Waals surface area contributed by atoms with Gasteiger partial charge in [0.25, 0.3) is 0 Å². The van der Waals surface area contributed by atoms with Gasteiger partial charge in [0.1, 0.15) is 17.5 Å². The third-order valence-electron chi connectivity index (χ3n) is 2.66. The molecule has 1 atom stereocenters. The molecule has 5 nitrogen and oxygen atoms in total. The van der Waals surface area contributed by atoms with Gasteiger partial charge >= 0.3 is 0 Å². The molecule has 0 aliphatic rings. The smallest absolute Gasteiger partial charge is 0.131 e. The summed E-state index contributed by atoms with van der Waals surface area (Å²) in [5.74, 6) is 2.53. The molecule has 0 aliphatic carbocycles. The molecule has 0 saturated carbocycles. The number of anilines is 2. The summed E-state index contributed by atoms with van der Waals surface area (Å²) in [5, 5.41) is 6.53. The molecule has 0 saturated heterocycles. The molecule has 2 N–H and O–H groups in total. The van der Waals surface area contributed by atoms with Crippen LogP contribution in [0.1, 0.15) is 19.7 Å². The first-order valence-corrected chi connectivity index (χ1v) is 6.02. The van der Waals surface area contributed by atoms with Crippen molar-refractivity contribution in [3.05, 3.63) is 11.9 Å². The van der Waals surface area contributed by atoms with Gasteiger partial charge in [-0.1, -0.05) is 0 Å². The van der Waals surface area contributed by atoms with E-state index in [1.54, 1.807) is 0 Å². The number of nitrogens with one attached hydrogen (secondary N) is 2. The van der Waals surface area contributed by atoms with Crippen LogP contribution in [0.5, 0.6) is 0 Å². The van der Waals surface area contributed by atoms with Crippen LogP contribution in [0, 0.1) is 6.92 Å². The van der Waals surface area contributed by atoms with E-state index in [-0.39, 0.29) is 0 Å². The van der Waals surface area contributed by atoms with Crippen molar-refractivity contribution in [1.29, 1.82) is 0 Å². The molecule has 96 valence electrons. The SMILES string of the molecule is CCNc1cc(NCC(C)N(C)C)nc(C)n1. The molecule has 0 amide bonds. The van der Waals surface area contributed by atoms with Crippen molar-refractivity contribution in [2.75, 3.05) is 37.8 Å². The summed E-state index contributed by atoms with van der Waals surface area (Å²) >= 11 is 0. The normalized spacial score (nSPS) is 12.6. The van der Waals surface area contributed by atoms with Gasteiger partial charge in [-0.15, -0.1) is 0 Å². The quantitative estimate of drug-likeness (QED) is 0.786. The Kier molecular flexibility index (Phi) is 5.15. The number of aryl methyl sites for hydroxylation is 1. The average molecular weight is 237 g/mol. The summed E-state index contributed by atoms with van der Waals surface area (Å²) in [6, 6.07) is 2.41. The van der Waals surface area contributed by atoms with E-state index in [0.717, 1.165) is 30.5 Å². The number of hydrogen-bond acceptors (Lipinski definition) is 5. The summed E-state index contributed by atoms with van der Waals surface area (Å²) in [6.07, 6.45) is 0. The fraction of sp³-hybridized carbons (Fsp3) is 0.667. The number of likely N-dealkylation sites (N-methyl/N-ethyl adjacent to an activating group) is 1. The first kappa shape index (κ1) is 13.7. The first-order valence-electron chi connectivity index (χ1n) is 6.02. The second-order valence-corrected chi connectivity index (χ2v) is 4.41. The van der Waals surface area contributed by atoms with Crippen LogP contribution in [0.2, 0.25) is 0 Å². The second kappa shape index (κ2) is 6.39. The van der Waals surface area contributed by atoms with Crippen LogP contribution in [-0.2, 0) is 0 Å². The molecule has 1 heterocycles. The fourth-order valence-corrected chi connectivity index (χ4v) is 1.36. The monoisotopic (exact) mass is 237 g/mol. The zero-order chi connectivity index (χ0) is 12.8. The highest BCUT2D eigenvalue weighted by Gasteiger charge is 2.05. The maximum Gasteiger partial charge on any atom is 0.131 e. The largest absolute Gasteiger partial charge is 0.370 e. The molecule has 0 fully saturated rings. The summed E-state index contributed by atoms with van der Waals surface area (Å²) in [4.78, 5) is 10.9. The molecule has 0 aromatic carbocycles. The summed E-state index contributed by atoms with van der Waals surface area (Å²) < 4.78 is 0. The molecule has 1 rings (SSSR count). The Balaban J connectivity index is 2.64. The average Bonchev–Trinajstić information content (AvgIpc) is 2.25. The van der Waals surface area contributed by atoms with Crippen molar-refractivity contribution in [2.24, 2.45) is 0 Å². The van der Waals surface area contributed by atoms with Gasteiger partial charge in [-0.25, -0.2) is 9.97 Å².